The normalized spacial score (nSPS) is 17.9. The Bertz CT molecular complexity index is 813. The molecule has 1 fully saturated rings. The molecule has 2 rings (SSSR count). The van der Waals surface area contributed by atoms with E-state index in [1.54, 1.807) is 24.3 Å². The molecule has 1 saturated heterocycles. The molecular weight excluding hydrogens is 421 g/mol. The summed E-state index contributed by atoms with van der Waals surface area (Å²) in [6.07, 6.45) is 2.39. The lowest BCUT2D eigenvalue weighted by Crippen LogP contribution is -2.50. The molecule has 1 atom stereocenters. The number of nitrogens with two attached hydrogens (primary N) is 1. The second kappa shape index (κ2) is 11.4. The van der Waals surface area contributed by atoms with E-state index in [1.165, 1.54) is 4.31 Å². The van der Waals surface area contributed by atoms with E-state index in [-0.39, 0.29) is 12.7 Å². The number of aliphatic carboxylic acids is 1. The molecule has 0 radical (unpaired) electrons. The van der Waals surface area contributed by atoms with Crippen LogP contribution in [0.4, 0.5) is 0 Å². The van der Waals surface area contributed by atoms with E-state index < -0.39 is 28.6 Å². The highest BCUT2D eigenvalue weighted by Gasteiger charge is 2.33. The van der Waals surface area contributed by atoms with Crippen LogP contribution in [0, 0.1) is 6.92 Å². The van der Waals surface area contributed by atoms with Gasteiger partial charge in [0.05, 0.1) is 4.90 Å². The molecule has 1 aromatic carbocycles. The van der Waals surface area contributed by atoms with Crippen molar-refractivity contribution in [3.8, 4) is 0 Å². The van der Waals surface area contributed by atoms with Crippen LogP contribution in [0.3, 0.4) is 0 Å². The lowest BCUT2D eigenvalue weighted by molar-refractivity contribution is -0.144. The molecule has 1 aliphatic rings. The maximum absolute atomic E-state index is 12.8. The molecule has 5 N–H and O–H groups in total. The first-order chi connectivity index (χ1) is 14.5. The minimum absolute atomic E-state index is 0.200. The van der Waals surface area contributed by atoms with E-state index in [4.69, 9.17) is 15.8 Å². The summed E-state index contributed by atoms with van der Waals surface area (Å²) in [5.41, 5.74) is 5.77. The number of aryl methyl sites for hydroxylation is 1. The van der Waals surface area contributed by atoms with Gasteiger partial charge in [-0.1, -0.05) is 30.5 Å². The van der Waals surface area contributed by atoms with Crippen LogP contribution in [0.2, 0.25) is 6.32 Å². The fraction of sp³-hybridized carbons (Fsp3) is 0.650. The Morgan fingerprint density at radius 2 is 1.65 bits per heavy atom. The van der Waals surface area contributed by atoms with E-state index in [2.05, 4.69) is 4.90 Å². The van der Waals surface area contributed by atoms with Gasteiger partial charge in [-0.2, -0.15) is 4.31 Å². The number of piperazine rings is 1. The van der Waals surface area contributed by atoms with Gasteiger partial charge >= 0.3 is 13.1 Å². The van der Waals surface area contributed by atoms with E-state index in [0.29, 0.717) is 63.3 Å². The van der Waals surface area contributed by atoms with Gasteiger partial charge in [-0.25, -0.2) is 8.42 Å². The second-order valence-electron chi connectivity index (χ2n) is 8.35. The van der Waals surface area contributed by atoms with Crippen molar-refractivity contribution >= 4 is 23.1 Å². The third-order valence-electron chi connectivity index (χ3n) is 5.85. The van der Waals surface area contributed by atoms with Gasteiger partial charge in [-0.05, 0) is 51.2 Å². The Kier molecular flexibility index (Phi) is 9.47. The molecule has 0 spiro atoms. The van der Waals surface area contributed by atoms with E-state index in [9.17, 15) is 18.3 Å². The number of hydrogen-bond acceptors (Lipinski definition) is 7. The van der Waals surface area contributed by atoms with Gasteiger partial charge in [0.2, 0.25) is 10.0 Å². The third-order valence-corrected chi connectivity index (χ3v) is 7.76. The van der Waals surface area contributed by atoms with Gasteiger partial charge in [0, 0.05) is 26.2 Å². The fourth-order valence-electron chi connectivity index (χ4n) is 3.78. The summed E-state index contributed by atoms with van der Waals surface area (Å²) in [6, 6.07) is 6.84. The van der Waals surface area contributed by atoms with Crippen LogP contribution in [-0.4, -0.2) is 84.1 Å². The smallest absolute Gasteiger partial charge is 0.451 e. The lowest BCUT2D eigenvalue weighted by atomic mass is 9.81. The van der Waals surface area contributed by atoms with Gasteiger partial charge in [0.15, 0.2) is 0 Å². The molecule has 174 valence electrons. The number of rotatable bonds is 12. The van der Waals surface area contributed by atoms with Crippen LogP contribution in [0.5, 0.6) is 0 Å². The molecule has 0 saturated carbocycles. The average Bonchev–Trinajstić information content (AvgIpc) is 2.72. The summed E-state index contributed by atoms with van der Waals surface area (Å²) in [7, 11) is -4.89. The van der Waals surface area contributed by atoms with Gasteiger partial charge in [-0.15, -0.1) is 0 Å². The molecule has 0 aromatic heterocycles. The van der Waals surface area contributed by atoms with Crippen molar-refractivity contribution in [1.29, 1.82) is 0 Å². The Labute approximate surface area is 185 Å². The number of benzene rings is 1. The van der Waals surface area contributed by atoms with Crippen LogP contribution < -0.4 is 5.73 Å². The maximum Gasteiger partial charge on any atom is 0.451 e. The van der Waals surface area contributed by atoms with Crippen molar-refractivity contribution in [3.05, 3.63) is 29.8 Å². The summed E-state index contributed by atoms with van der Waals surface area (Å²) in [6.45, 7) is 4.53. The third kappa shape index (κ3) is 7.55. The largest absolute Gasteiger partial charge is 0.480 e. The van der Waals surface area contributed by atoms with Crippen molar-refractivity contribution in [2.75, 3.05) is 32.7 Å². The van der Waals surface area contributed by atoms with Crippen LogP contribution in [0.1, 0.15) is 37.7 Å². The highest BCUT2D eigenvalue weighted by atomic mass is 32.2. The number of carboxylic acids is 1. The monoisotopic (exact) mass is 455 g/mol. The SMILES string of the molecule is Cc1ccc(S(=O)(=O)N2CCN(CCCC(N)(CCCCB(O)O)C(=O)O)CC2)cc1. The highest BCUT2D eigenvalue weighted by Crippen LogP contribution is 2.21. The number of unbranched alkanes of at least 4 members (excludes halogenated alkanes) is 1. The van der Waals surface area contributed by atoms with Gasteiger partial charge in [0.25, 0.3) is 0 Å². The Morgan fingerprint density at radius 1 is 1.06 bits per heavy atom. The lowest BCUT2D eigenvalue weighted by Gasteiger charge is -2.34. The van der Waals surface area contributed by atoms with Crippen molar-refractivity contribution in [2.24, 2.45) is 5.73 Å². The molecule has 0 bridgehead atoms. The summed E-state index contributed by atoms with van der Waals surface area (Å²) in [4.78, 5) is 14.1. The molecular formula is C20H34BN3O6S. The number of hydrogen-bond donors (Lipinski definition) is 4. The molecule has 0 amide bonds. The zero-order valence-corrected chi connectivity index (χ0v) is 18.9. The predicted octanol–water partition coefficient (Wildman–Crippen LogP) is 0.507. The zero-order chi connectivity index (χ0) is 23.1. The van der Waals surface area contributed by atoms with Crippen LogP contribution in [0.15, 0.2) is 29.2 Å². The van der Waals surface area contributed by atoms with Gasteiger partial charge in [0.1, 0.15) is 5.54 Å². The van der Waals surface area contributed by atoms with Gasteiger partial charge in [-0.3, -0.25) is 4.79 Å². The van der Waals surface area contributed by atoms with Crippen LogP contribution in [-0.2, 0) is 14.8 Å². The first kappa shape index (κ1) is 25.8. The summed E-state index contributed by atoms with van der Waals surface area (Å²) in [5.74, 6) is -1.05. The minimum atomic E-state index is -3.50. The first-order valence-electron chi connectivity index (χ1n) is 10.7. The zero-order valence-electron chi connectivity index (χ0n) is 18.1. The number of carboxylic acid groups (broad SMARTS) is 1. The van der Waals surface area contributed by atoms with Crippen molar-refractivity contribution in [3.63, 3.8) is 0 Å². The van der Waals surface area contributed by atoms with Crippen molar-refractivity contribution in [1.82, 2.24) is 9.21 Å². The molecule has 31 heavy (non-hydrogen) atoms. The molecule has 1 aromatic rings. The standard InChI is InChI=1S/C20H34BN3O6S/c1-17-5-7-18(8-6-17)31(29,30)24-15-13-23(14-16-24)12-4-10-20(22,19(25)26)9-2-3-11-21(27)28/h5-8,27-28H,2-4,9-16,22H2,1H3,(H,25,26). The Hall–Kier alpha value is -1.50. The number of carbonyl (C=O) groups is 1. The fourth-order valence-corrected chi connectivity index (χ4v) is 5.20. The van der Waals surface area contributed by atoms with Gasteiger partial charge < -0.3 is 25.8 Å². The summed E-state index contributed by atoms with van der Waals surface area (Å²) < 4.78 is 27.1. The van der Waals surface area contributed by atoms with E-state index >= 15 is 0 Å². The first-order valence-corrected chi connectivity index (χ1v) is 12.2. The second-order valence-corrected chi connectivity index (χ2v) is 10.3. The Balaban J connectivity index is 1.79. The molecule has 11 heteroatoms. The molecule has 9 nitrogen and oxygen atoms in total. The predicted molar refractivity (Wildman–Crippen MR) is 119 cm³/mol. The highest BCUT2D eigenvalue weighted by molar-refractivity contribution is 7.89. The van der Waals surface area contributed by atoms with Crippen molar-refractivity contribution < 1.29 is 28.4 Å². The summed E-state index contributed by atoms with van der Waals surface area (Å²) >= 11 is 0. The number of nitrogens with zero attached hydrogens (tertiary/aromatic N) is 2. The Morgan fingerprint density at radius 3 is 2.19 bits per heavy atom. The molecule has 1 unspecified atom stereocenters. The topological polar surface area (TPSA) is 144 Å². The maximum atomic E-state index is 12.8. The van der Waals surface area contributed by atoms with E-state index in [0.717, 1.165) is 5.56 Å². The molecule has 1 heterocycles. The quantitative estimate of drug-likeness (QED) is 0.264. The van der Waals surface area contributed by atoms with E-state index in [1.807, 2.05) is 6.92 Å². The minimum Gasteiger partial charge on any atom is -0.480 e. The molecule has 0 aliphatic carbocycles. The van der Waals surface area contributed by atoms with Crippen LogP contribution >= 0.6 is 0 Å². The average molecular weight is 455 g/mol. The molecule has 1 aliphatic heterocycles. The van der Waals surface area contributed by atoms with Crippen LogP contribution in [0.25, 0.3) is 0 Å². The van der Waals surface area contributed by atoms with Crippen molar-refractivity contribution in [2.45, 2.75) is 55.8 Å². The number of sulfonamides is 1. The summed E-state index contributed by atoms with van der Waals surface area (Å²) in [5, 5.41) is 27.3.